The Balaban J connectivity index is 0.00000289. The molecule has 1 saturated heterocycles. The van der Waals surface area contributed by atoms with Crippen LogP contribution in [0.4, 0.5) is 5.13 Å². The summed E-state index contributed by atoms with van der Waals surface area (Å²) in [6, 6.07) is 8.16. The fourth-order valence-electron chi connectivity index (χ4n) is 3.95. The van der Waals surface area contributed by atoms with Gasteiger partial charge >= 0.3 is 5.13 Å². The molecule has 5 rings (SSSR count). The van der Waals surface area contributed by atoms with Crippen molar-refractivity contribution in [3.05, 3.63) is 68.2 Å². The summed E-state index contributed by atoms with van der Waals surface area (Å²) in [4.78, 5) is 35.8. The third-order valence-corrected chi connectivity index (χ3v) is 9.28. The smallest absolute Gasteiger partial charge is 0.385 e. The molecule has 2 aromatic heterocycles. The Morgan fingerprint density at radius 3 is 2.51 bits per heavy atom. The second-order valence-corrected chi connectivity index (χ2v) is 10.8. The second kappa shape index (κ2) is 10.1. The van der Waals surface area contributed by atoms with E-state index in [-0.39, 0.29) is 23.9 Å². The number of hydrogen-bond donors (Lipinski definition) is 0. The highest BCUT2D eigenvalue weighted by Gasteiger charge is 2.38. The molecule has 1 aromatic carbocycles. The summed E-state index contributed by atoms with van der Waals surface area (Å²) in [5.41, 5.74) is 1.86. The summed E-state index contributed by atoms with van der Waals surface area (Å²) in [5, 5.41) is 1.47. The monoisotopic (exact) mass is 545 g/mol. The van der Waals surface area contributed by atoms with Crippen LogP contribution in [0, 0.1) is 0 Å². The number of nitrogens with zero attached hydrogens (tertiary/aromatic N) is 5. The lowest BCUT2D eigenvalue weighted by Crippen LogP contribution is -3.00. The molecular weight excluding hydrogens is 522 g/mol. The molecule has 0 bridgehead atoms. The first-order chi connectivity index (χ1) is 16.4. The number of aliphatic imine (C=N–C) groups is 1. The topological polar surface area (TPSA) is 61.8 Å². The molecule has 4 heterocycles. The number of carbonyl (C=O) groups excluding carboxylic acids is 1. The number of hydrogen-bond acceptors (Lipinski definition) is 7. The molecule has 1 amide bonds. The number of aryl methyl sites for hydroxylation is 1. The van der Waals surface area contributed by atoms with Crippen LogP contribution in [0.3, 0.4) is 0 Å². The van der Waals surface area contributed by atoms with Crippen molar-refractivity contribution in [2.75, 3.05) is 13.6 Å². The number of thioether (sulfide) groups is 1. The van der Waals surface area contributed by atoms with Crippen molar-refractivity contribution >= 4 is 71.5 Å². The lowest BCUT2D eigenvalue weighted by Gasteiger charge is -2.16. The van der Waals surface area contributed by atoms with Crippen molar-refractivity contribution in [3.8, 4) is 0 Å². The van der Waals surface area contributed by atoms with Gasteiger partial charge in [-0.2, -0.15) is 0 Å². The summed E-state index contributed by atoms with van der Waals surface area (Å²) in [6.45, 7) is 4.87. The number of amides is 1. The van der Waals surface area contributed by atoms with Crippen molar-refractivity contribution < 1.29 is 21.8 Å². The van der Waals surface area contributed by atoms with E-state index in [2.05, 4.69) is 12.1 Å². The number of amidine groups is 1. The van der Waals surface area contributed by atoms with E-state index in [1.54, 1.807) is 20.8 Å². The van der Waals surface area contributed by atoms with Gasteiger partial charge < -0.3 is 17.3 Å². The van der Waals surface area contributed by atoms with Crippen LogP contribution in [-0.4, -0.2) is 39.0 Å². The van der Waals surface area contributed by atoms with E-state index in [0.717, 1.165) is 21.0 Å². The molecular formula is C24H24ClN5O2S3. The third-order valence-electron chi connectivity index (χ3n) is 5.77. The number of rotatable bonds is 3. The summed E-state index contributed by atoms with van der Waals surface area (Å²) in [7, 11) is 3.91. The van der Waals surface area contributed by atoms with Gasteiger partial charge in [-0.1, -0.05) is 18.2 Å². The number of carbonyl (C=O) groups is 1. The SMILES string of the molecule is CCN1C(=O)/C(=c2/s/c(=C3/C=CC=CN3C)c(=O)n2CC)S/C1=N\c1sc2ccccc2[n+]1C.[Cl-]. The van der Waals surface area contributed by atoms with E-state index in [4.69, 9.17) is 4.99 Å². The largest absolute Gasteiger partial charge is 1.00 e. The molecule has 35 heavy (non-hydrogen) atoms. The number of halogens is 1. The quantitative estimate of drug-likeness (QED) is 0.416. The maximum Gasteiger partial charge on any atom is 0.385 e. The van der Waals surface area contributed by atoms with Crippen LogP contribution < -0.4 is 31.7 Å². The molecule has 2 aliphatic rings. The second-order valence-electron chi connectivity index (χ2n) is 7.77. The standard InChI is InChI=1S/C24H24N5O2S3.ClH/c1-5-28-20(30)18(16-12-9-10-14-26(16)3)33-22(28)19-21(31)29(6-2)24(34-19)25-23-27(4)15-11-7-8-13-17(15)32-23;/h7-14H,5-6H2,1-4H3;1H/q+1;/p-1/b18-16-,22-19-;. The molecule has 0 unspecified atom stereocenters. The van der Waals surface area contributed by atoms with Gasteiger partial charge in [0.2, 0.25) is 0 Å². The first-order valence-corrected chi connectivity index (χ1v) is 13.4. The van der Waals surface area contributed by atoms with Gasteiger partial charge in [0.05, 0.1) is 17.4 Å². The zero-order valence-corrected chi connectivity index (χ0v) is 22.9. The lowest BCUT2D eigenvalue weighted by atomic mass is 10.3. The van der Waals surface area contributed by atoms with Gasteiger partial charge in [0, 0.05) is 26.3 Å². The van der Waals surface area contributed by atoms with E-state index >= 15 is 0 Å². The number of para-hydroxylation sites is 1. The molecule has 0 saturated carbocycles. The van der Waals surface area contributed by atoms with Crippen LogP contribution in [0.2, 0.25) is 0 Å². The predicted octanol–water partition coefficient (Wildman–Crippen LogP) is -0.512. The number of benzene rings is 1. The Morgan fingerprint density at radius 1 is 1.06 bits per heavy atom. The van der Waals surface area contributed by atoms with Gasteiger partial charge in [-0.15, -0.1) is 11.3 Å². The highest BCUT2D eigenvalue weighted by atomic mass is 35.5. The number of fused-ring (bicyclic) bond motifs is 1. The van der Waals surface area contributed by atoms with Crippen LogP contribution in [-0.2, 0) is 18.4 Å². The molecule has 11 heteroatoms. The third kappa shape index (κ3) is 4.29. The molecule has 7 nitrogen and oxygen atoms in total. The average molecular weight is 546 g/mol. The van der Waals surface area contributed by atoms with Gasteiger partial charge in [0.1, 0.15) is 19.6 Å². The van der Waals surface area contributed by atoms with E-state index in [1.165, 1.54) is 23.1 Å². The first-order valence-electron chi connectivity index (χ1n) is 11.0. The Hall–Kier alpha value is -2.66. The average Bonchev–Trinajstić information content (AvgIpc) is 3.45. The molecule has 0 spiro atoms. The van der Waals surface area contributed by atoms with Gasteiger partial charge in [-0.3, -0.25) is 19.1 Å². The fraction of sp³-hybridized carbons (Fsp3) is 0.250. The minimum absolute atomic E-state index is 0. The Labute approximate surface area is 221 Å². The number of aromatic nitrogens is 2. The Kier molecular flexibility index (Phi) is 7.37. The Morgan fingerprint density at radius 2 is 1.83 bits per heavy atom. The van der Waals surface area contributed by atoms with Crippen molar-refractivity contribution in [3.63, 3.8) is 0 Å². The fourth-order valence-corrected chi connectivity index (χ4v) is 7.52. The summed E-state index contributed by atoms with van der Waals surface area (Å²) in [6.07, 6.45) is 7.69. The molecule has 0 aliphatic carbocycles. The zero-order valence-electron chi connectivity index (χ0n) is 19.7. The van der Waals surface area contributed by atoms with Crippen LogP contribution in [0.5, 0.6) is 0 Å². The maximum atomic E-state index is 13.5. The molecule has 3 aromatic rings. The normalized spacial score (nSPS) is 19.9. The van der Waals surface area contributed by atoms with E-state index in [1.807, 2.05) is 74.0 Å². The van der Waals surface area contributed by atoms with Crippen LogP contribution >= 0.6 is 34.4 Å². The molecule has 2 aliphatic heterocycles. The van der Waals surface area contributed by atoms with Crippen LogP contribution in [0.15, 0.2) is 58.5 Å². The van der Waals surface area contributed by atoms with Crippen LogP contribution in [0.1, 0.15) is 13.8 Å². The van der Waals surface area contributed by atoms with Gasteiger partial charge in [-0.05, 0) is 66.2 Å². The molecule has 0 radical (unpaired) electrons. The number of likely N-dealkylation sites (N-methyl/N-ethyl adjacent to an activating group) is 1. The van der Waals surface area contributed by atoms with Gasteiger partial charge in [0.15, 0.2) is 0 Å². The highest BCUT2D eigenvalue weighted by molar-refractivity contribution is 8.23. The predicted molar refractivity (Wildman–Crippen MR) is 141 cm³/mol. The van der Waals surface area contributed by atoms with Crippen molar-refractivity contribution in [2.24, 2.45) is 12.0 Å². The van der Waals surface area contributed by atoms with Crippen LogP contribution in [0.25, 0.3) is 20.8 Å². The minimum atomic E-state index is -0.109. The molecule has 182 valence electrons. The van der Waals surface area contributed by atoms with E-state index in [0.29, 0.717) is 32.4 Å². The van der Waals surface area contributed by atoms with Gasteiger partial charge in [-0.25, -0.2) is 4.57 Å². The maximum absolute atomic E-state index is 13.5. The zero-order chi connectivity index (χ0) is 24.0. The summed E-state index contributed by atoms with van der Waals surface area (Å²) in [5.74, 6) is -0.109. The molecule has 0 atom stereocenters. The molecule has 1 fully saturated rings. The highest BCUT2D eigenvalue weighted by Crippen LogP contribution is 2.34. The Bertz CT molecular complexity index is 1590. The number of thiazole rings is 2. The minimum Gasteiger partial charge on any atom is -1.00 e. The summed E-state index contributed by atoms with van der Waals surface area (Å²) < 4.78 is 6.20. The van der Waals surface area contributed by atoms with E-state index in [9.17, 15) is 9.59 Å². The van der Waals surface area contributed by atoms with Crippen molar-refractivity contribution in [1.82, 2.24) is 14.4 Å². The van der Waals surface area contributed by atoms with Gasteiger partial charge in [0.25, 0.3) is 16.6 Å². The number of allylic oxidation sites excluding steroid dienone is 2. The van der Waals surface area contributed by atoms with Crippen molar-refractivity contribution in [2.45, 2.75) is 20.4 Å². The lowest BCUT2D eigenvalue weighted by molar-refractivity contribution is -0.627. The van der Waals surface area contributed by atoms with Crippen molar-refractivity contribution in [1.29, 1.82) is 0 Å². The van der Waals surface area contributed by atoms with E-state index < -0.39 is 0 Å². The first kappa shape index (κ1) is 25.4. The summed E-state index contributed by atoms with van der Waals surface area (Å²) >= 11 is 4.32. The molecule has 0 N–H and O–H groups in total.